The fourth-order valence-electron chi connectivity index (χ4n) is 3.72. The van der Waals surface area contributed by atoms with Gasteiger partial charge in [-0.15, -0.1) is 0 Å². The molecule has 0 saturated carbocycles. The molecule has 4 nitrogen and oxygen atoms in total. The van der Waals surface area contributed by atoms with E-state index >= 15 is 0 Å². The summed E-state index contributed by atoms with van der Waals surface area (Å²) in [5.74, 6) is 0.861. The Hall–Kier alpha value is -3.66. The third kappa shape index (κ3) is 6.44. The highest BCUT2D eigenvalue weighted by Gasteiger charge is 2.15. The quantitative estimate of drug-likeness (QED) is 0.301. The molecule has 0 aliphatic carbocycles. The van der Waals surface area contributed by atoms with Crippen molar-refractivity contribution in [1.29, 1.82) is 0 Å². The monoisotopic (exact) mass is 452 g/mol. The molecule has 2 heterocycles. The van der Waals surface area contributed by atoms with Crippen LogP contribution < -0.4 is 5.32 Å². The summed E-state index contributed by atoms with van der Waals surface area (Å²) in [5.41, 5.74) is 7.12. The van der Waals surface area contributed by atoms with E-state index in [1.165, 1.54) is 22.3 Å². The molecule has 1 atom stereocenters. The Morgan fingerprint density at radius 2 is 1.74 bits per heavy atom. The average Bonchev–Trinajstić information content (AvgIpc) is 3.18. The smallest absolute Gasteiger partial charge is 0.145 e. The standard InChI is InChI=1S/C22H22N4.C8H14/c1-15-9-11-18(12-10-15)20-13-19-21(23-14-24-22(19)26(20)3)25-16(2)17-7-5-4-6-8-17;1-4-5-6-7-8(2)3/h4-14,16H,1-3H3,(H,23,24,25);4-5,7H,6H2,1-3H3/b;5-4-/t16-;/m0./s1. The highest BCUT2D eigenvalue weighted by Crippen LogP contribution is 2.31. The number of anilines is 1. The Morgan fingerprint density at radius 3 is 2.38 bits per heavy atom. The lowest BCUT2D eigenvalue weighted by Gasteiger charge is -2.15. The van der Waals surface area contributed by atoms with Gasteiger partial charge in [-0.1, -0.05) is 84.0 Å². The van der Waals surface area contributed by atoms with E-state index in [9.17, 15) is 0 Å². The van der Waals surface area contributed by atoms with Crippen LogP contribution in [0.1, 0.15) is 51.3 Å². The number of hydrogen-bond donors (Lipinski definition) is 1. The summed E-state index contributed by atoms with van der Waals surface area (Å²) in [5, 5.41) is 4.57. The molecule has 4 heteroatoms. The van der Waals surface area contributed by atoms with Gasteiger partial charge in [0, 0.05) is 13.1 Å². The van der Waals surface area contributed by atoms with Crippen molar-refractivity contribution < 1.29 is 0 Å². The van der Waals surface area contributed by atoms with Gasteiger partial charge in [0.2, 0.25) is 0 Å². The molecule has 0 unspecified atom stereocenters. The maximum Gasteiger partial charge on any atom is 0.145 e. The van der Waals surface area contributed by atoms with Crippen LogP contribution in [0.3, 0.4) is 0 Å². The van der Waals surface area contributed by atoms with Gasteiger partial charge in [0.25, 0.3) is 0 Å². The van der Waals surface area contributed by atoms with Gasteiger partial charge in [-0.2, -0.15) is 0 Å². The highest BCUT2D eigenvalue weighted by atomic mass is 15.1. The lowest BCUT2D eigenvalue weighted by Crippen LogP contribution is -2.08. The zero-order valence-electron chi connectivity index (χ0n) is 21.2. The van der Waals surface area contributed by atoms with E-state index in [1.54, 1.807) is 6.33 Å². The molecule has 4 rings (SSSR count). The van der Waals surface area contributed by atoms with E-state index in [4.69, 9.17) is 0 Å². The van der Waals surface area contributed by atoms with E-state index in [-0.39, 0.29) is 6.04 Å². The van der Waals surface area contributed by atoms with Crippen LogP contribution in [0.15, 0.2) is 90.8 Å². The van der Waals surface area contributed by atoms with Crippen molar-refractivity contribution in [1.82, 2.24) is 14.5 Å². The van der Waals surface area contributed by atoms with Crippen LogP contribution >= 0.6 is 0 Å². The Bertz CT molecular complexity index is 1240. The fourth-order valence-corrected chi connectivity index (χ4v) is 3.72. The largest absolute Gasteiger partial charge is 0.363 e. The molecule has 176 valence electrons. The number of benzene rings is 2. The minimum absolute atomic E-state index is 0.164. The second kappa shape index (κ2) is 12.0. The van der Waals surface area contributed by atoms with E-state index in [0.29, 0.717) is 0 Å². The van der Waals surface area contributed by atoms with Crippen LogP contribution in [0.4, 0.5) is 5.82 Å². The van der Waals surface area contributed by atoms with Crippen molar-refractivity contribution in [2.24, 2.45) is 7.05 Å². The summed E-state index contributed by atoms with van der Waals surface area (Å²) < 4.78 is 2.13. The second-order valence-electron chi connectivity index (χ2n) is 8.78. The Balaban J connectivity index is 0.000000350. The third-order valence-electron chi connectivity index (χ3n) is 5.72. The SMILES string of the molecule is C/C=C\CC=C(C)C.Cc1ccc(-c2cc3c(N[C@@H](C)c4ccccc4)ncnc3n2C)cc1. The fraction of sp³-hybridized carbons (Fsp3) is 0.267. The molecule has 0 aliphatic rings. The molecule has 2 aromatic heterocycles. The van der Waals surface area contributed by atoms with E-state index in [2.05, 4.69) is 127 Å². The number of rotatable bonds is 6. The van der Waals surface area contributed by atoms with Crippen molar-refractivity contribution >= 4 is 16.9 Å². The highest BCUT2D eigenvalue weighted by molar-refractivity contribution is 5.92. The summed E-state index contributed by atoms with van der Waals surface area (Å²) >= 11 is 0. The maximum atomic E-state index is 4.50. The molecule has 2 aromatic carbocycles. The minimum Gasteiger partial charge on any atom is -0.363 e. The molecular formula is C30H36N4. The Kier molecular flexibility index (Phi) is 8.80. The minimum atomic E-state index is 0.164. The first-order chi connectivity index (χ1) is 16.4. The molecule has 0 fully saturated rings. The molecule has 1 N–H and O–H groups in total. The van der Waals surface area contributed by atoms with Crippen LogP contribution in [0.5, 0.6) is 0 Å². The van der Waals surface area contributed by atoms with Crippen molar-refractivity contribution in [3.8, 4) is 11.3 Å². The van der Waals surface area contributed by atoms with Gasteiger partial charge in [-0.05, 0) is 58.2 Å². The van der Waals surface area contributed by atoms with Crippen LogP contribution in [0.25, 0.3) is 22.3 Å². The molecule has 0 bridgehead atoms. The second-order valence-corrected chi connectivity index (χ2v) is 8.78. The van der Waals surface area contributed by atoms with Gasteiger partial charge in [-0.25, -0.2) is 9.97 Å². The number of fused-ring (bicyclic) bond motifs is 1. The van der Waals surface area contributed by atoms with Gasteiger partial charge in [0.15, 0.2) is 0 Å². The lowest BCUT2D eigenvalue weighted by molar-refractivity contribution is 0.874. The number of allylic oxidation sites excluding steroid dienone is 4. The van der Waals surface area contributed by atoms with E-state index in [0.717, 1.165) is 29.0 Å². The third-order valence-corrected chi connectivity index (χ3v) is 5.72. The number of nitrogens with one attached hydrogen (secondary N) is 1. The van der Waals surface area contributed by atoms with Crippen molar-refractivity contribution in [3.05, 3.63) is 102 Å². The normalized spacial score (nSPS) is 11.7. The predicted molar refractivity (Wildman–Crippen MR) is 146 cm³/mol. The van der Waals surface area contributed by atoms with Crippen molar-refractivity contribution in [2.75, 3.05) is 5.32 Å². The molecular weight excluding hydrogens is 416 g/mol. The predicted octanol–water partition coefficient (Wildman–Crippen LogP) is 8.04. The van der Waals surface area contributed by atoms with Crippen LogP contribution in [0, 0.1) is 6.92 Å². The van der Waals surface area contributed by atoms with Crippen molar-refractivity contribution in [3.63, 3.8) is 0 Å². The Labute approximate surface area is 204 Å². The van der Waals surface area contributed by atoms with Gasteiger partial charge in [0.05, 0.1) is 11.1 Å². The number of aromatic nitrogens is 3. The van der Waals surface area contributed by atoms with Crippen LogP contribution in [-0.4, -0.2) is 14.5 Å². The van der Waals surface area contributed by atoms with Gasteiger partial charge in [-0.3, -0.25) is 0 Å². The first kappa shape index (κ1) is 25.0. The van der Waals surface area contributed by atoms with Gasteiger partial charge < -0.3 is 9.88 Å². The lowest BCUT2D eigenvalue weighted by atomic mass is 10.1. The molecule has 4 aromatic rings. The first-order valence-corrected chi connectivity index (χ1v) is 11.8. The molecule has 0 aliphatic heterocycles. The molecule has 0 amide bonds. The summed E-state index contributed by atoms with van der Waals surface area (Å²) in [6.07, 6.45) is 9.13. The zero-order valence-corrected chi connectivity index (χ0v) is 21.2. The molecule has 0 radical (unpaired) electrons. The summed E-state index contributed by atoms with van der Waals surface area (Å²) in [6.45, 7) is 10.5. The number of hydrogen-bond acceptors (Lipinski definition) is 3. The topological polar surface area (TPSA) is 42.7 Å². The molecule has 34 heavy (non-hydrogen) atoms. The van der Waals surface area contributed by atoms with Crippen molar-refractivity contribution in [2.45, 2.75) is 47.1 Å². The summed E-state index contributed by atoms with van der Waals surface area (Å²) in [4.78, 5) is 9.00. The van der Waals surface area contributed by atoms with E-state index < -0.39 is 0 Å². The first-order valence-electron chi connectivity index (χ1n) is 11.8. The molecule has 0 saturated heterocycles. The maximum absolute atomic E-state index is 4.50. The Morgan fingerprint density at radius 1 is 1.03 bits per heavy atom. The average molecular weight is 453 g/mol. The van der Waals surface area contributed by atoms with Crippen LogP contribution in [0.2, 0.25) is 0 Å². The zero-order chi connectivity index (χ0) is 24.5. The number of aryl methyl sites for hydroxylation is 2. The van der Waals surface area contributed by atoms with Gasteiger partial charge in [0.1, 0.15) is 17.8 Å². The summed E-state index contributed by atoms with van der Waals surface area (Å²) in [7, 11) is 2.05. The summed E-state index contributed by atoms with van der Waals surface area (Å²) in [6, 6.07) is 21.3. The molecule has 0 spiro atoms. The number of nitrogens with zero attached hydrogens (tertiary/aromatic N) is 3. The van der Waals surface area contributed by atoms with Gasteiger partial charge >= 0.3 is 0 Å². The van der Waals surface area contributed by atoms with Crippen LogP contribution in [-0.2, 0) is 7.05 Å². The van der Waals surface area contributed by atoms with E-state index in [1.807, 2.05) is 13.0 Å².